The zero-order chi connectivity index (χ0) is 13.0. The third kappa shape index (κ3) is 1.72. The molecular weight excluding hydrogens is 262 g/mol. The van der Waals surface area contributed by atoms with Crippen molar-refractivity contribution in [2.45, 2.75) is 12.5 Å². The van der Waals surface area contributed by atoms with Gasteiger partial charge in [0.05, 0.1) is 10.9 Å². The van der Waals surface area contributed by atoms with Crippen molar-refractivity contribution in [2.75, 3.05) is 31.6 Å². The average molecular weight is 278 g/mol. The van der Waals surface area contributed by atoms with Crippen LogP contribution in [0.5, 0.6) is 0 Å². The van der Waals surface area contributed by atoms with Crippen molar-refractivity contribution < 1.29 is 0 Å². The molecule has 2 aliphatic rings. The molecular formula is C13H16ClN5. The van der Waals surface area contributed by atoms with Crippen LogP contribution in [0.15, 0.2) is 12.3 Å². The fourth-order valence-corrected chi connectivity index (χ4v) is 3.62. The van der Waals surface area contributed by atoms with Gasteiger partial charge < -0.3 is 9.80 Å². The van der Waals surface area contributed by atoms with Gasteiger partial charge in [0.25, 0.3) is 0 Å². The second-order valence-electron chi connectivity index (χ2n) is 5.60. The lowest BCUT2D eigenvalue weighted by molar-refractivity contribution is 0.310. The first kappa shape index (κ1) is 11.5. The lowest BCUT2D eigenvalue weighted by Gasteiger charge is -2.20. The summed E-state index contributed by atoms with van der Waals surface area (Å²) in [6.07, 6.45) is 3.11. The van der Waals surface area contributed by atoms with Crippen LogP contribution in [0.1, 0.15) is 6.42 Å². The summed E-state index contributed by atoms with van der Waals surface area (Å²) < 4.78 is 0. The molecule has 100 valence electrons. The van der Waals surface area contributed by atoms with E-state index in [4.69, 9.17) is 11.6 Å². The highest BCUT2D eigenvalue weighted by molar-refractivity contribution is 6.30. The molecule has 0 radical (unpaired) electrons. The maximum atomic E-state index is 5.91. The number of anilines is 1. The summed E-state index contributed by atoms with van der Waals surface area (Å²) in [5.41, 5.74) is 0.959. The predicted molar refractivity (Wildman–Crippen MR) is 75.6 cm³/mol. The number of fused-ring (bicyclic) bond motifs is 2. The normalized spacial score (nSPS) is 27.4. The van der Waals surface area contributed by atoms with Crippen molar-refractivity contribution in [2.24, 2.45) is 5.92 Å². The number of likely N-dealkylation sites (tertiary alicyclic amines) is 1. The molecule has 6 heteroatoms. The summed E-state index contributed by atoms with van der Waals surface area (Å²) >= 11 is 5.91. The Morgan fingerprint density at radius 2 is 2.32 bits per heavy atom. The van der Waals surface area contributed by atoms with Crippen LogP contribution in [0, 0.1) is 5.92 Å². The molecule has 2 aliphatic heterocycles. The molecule has 0 spiro atoms. The molecule has 19 heavy (non-hydrogen) atoms. The first-order chi connectivity index (χ1) is 9.22. The summed E-state index contributed by atoms with van der Waals surface area (Å²) in [6, 6.07) is 2.50. The minimum atomic E-state index is 0.501. The first-order valence-corrected chi connectivity index (χ1v) is 7.05. The molecule has 4 rings (SSSR count). The van der Waals surface area contributed by atoms with Crippen molar-refractivity contribution in [3.63, 3.8) is 0 Å². The van der Waals surface area contributed by atoms with E-state index in [1.807, 2.05) is 12.3 Å². The van der Waals surface area contributed by atoms with Gasteiger partial charge in [-0.2, -0.15) is 5.10 Å². The second-order valence-corrected chi connectivity index (χ2v) is 5.99. The molecule has 0 bridgehead atoms. The van der Waals surface area contributed by atoms with Crippen LogP contribution in [0.3, 0.4) is 0 Å². The molecule has 2 saturated heterocycles. The predicted octanol–water partition coefficient (Wildman–Crippen LogP) is 1.75. The smallest absolute Gasteiger partial charge is 0.159 e. The maximum absolute atomic E-state index is 5.91. The molecule has 2 unspecified atom stereocenters. The fourth-order valence-electron chi connectivity index (χ4n) is 3.46. The van der Waals surface area contributed by atoms with E-state index in [0.717, 1.165) is 35.7 Å². The maximum Gasteiger partial charge on any atom is 0.159 e. The van der Waals surface area contributed by atoms with Gasteiger partial charge in [0.1, 0.15) is 5.15 Å². The monoisotopic (exact) mass is 277 g/mol. The van der Waals surface area contributed by atoms with Gasteiger partial charge in [-0.25, -0.2) is 4.98 Å². The van der Waals surface area contributed by atoms with Crippen LogP contribution in [0.2, 0.25) is 5.15 Å². The molecule has 5 nitrogen and oxygen atoms in total. The van der Waals surface area contributed by atoms with Crippen molar-refractivity contribution in [1.29, 1.82) is 0 Å². The number of aromatic amines is 1. The fraction of sp³-hybridized carbons (Fsp3) is 0.538. The number of H-pyrrole nitrogens is 1. The number of nitrogens with zero attached hydrogens (tertiary/aromatic N) is 4. The van der Waals surface area contributed by atoms with Crippen LogP contribution in [-0.2, 0) is 0 Å². The Bertz CT molecular complexity index is 625. The zero-order valence-electron chi connectivity index (χ0n) is 10.8. The number of pyridine rings is 1. The molecule has 1 N–H and O–H groups in total. The quantitative estimate of drug-likeness (QED) is 0.807. The minimum absolute atomic E-state index is 0.501. The van der Waals surface area contributed by atoms with Crippen LogP contribution >= 0.6 is 11.6 Å². The van der Waals surface area contributed by atoms with Gasteiger partial charge in [-0.15, -0.1) is 0 Å². The van der Waals surface area contributed by atoms with Gasteiger partial charge in [-0.05, 0) is 25.9 Å². The number of nitrogens with one attached hydrogen (secondary N) is 1. The Kier molecular flexibility index (Phi) is 2.47. The highest BCUT2D eigenvalue weighted by atomic mass is 35.5. The van der Waals surface area contributed by atoms with E-state index in [2.05, 4.69) is 32.0 Å². The molecule has 0 amide bonds. The van der Waals surface area contributed by atoms with E-state index in [-0.39, 0.29) is 0 Å². The lowest BCUT2D eigenvalue weighted by Crippen LogP contribution is -2.32. The molecule has 0 saturated carbocycles. The van der Waals surface area contributed by atoms with E-state index in [0.29, 0.717) is 11.2 Å². The molecule has 2 aromatic rings. The molecule has 0 aliphatic carbocycles. The Labute approximate surface area is 116 Å². The van der Waals surface area contributed by atoms with Gasteiger partial charge >= 0.3 is 0 Å². The number of likely N-dealkylation sites (N-methyl/N-ethyl adjacent to an activating group) is 1. The van der Waals surface area contributed by atoms with Gasteiger partial charge in [-0.1, -0.05) is 11.6 Å². The van der Waals surface area contributed by atoms with Crippen molar-refractivity contribution >= 4 is 28.3 Å². The Balaban J connectivity index is 1.69. The third-order valence-electron chi connectivity index (χ3n) is 4.52. The minimum Gasteiger partial charge on any atom is -0.353 e. The number of halogens is 1. The van der Waals surface area contributed by atoms with Crippen molar-refractivity contribution in [1.82, 2.24) is 20.1 Å². The third-order valence-corrected chi connectivity index (χ3v) is 4.73. The van der Waals surface area contributed by atoms with Gasteiger partial charge in [-0.3, -0.25) is 5.10 Å². The molecule has 4 heterocycles. The Hall–Kier alpha value is -1.33. The average Bonchev–Trinajstić information content (AvgIpc) is 3.04. The van der Waals surface area contributed by atoms with Crippen molar-refractivity contribution in [3.05, 3.63) is 17.4 Å². The highest BCUT2D eigenvalue weighted by Crippen LogP contribution is 2.35. The van der Waals surface area contributed by atoms with E-state index >= 15 is 0 Å². The Morgan fingerprint density at radius 3 is 3.16 bits per heavy atom. The lowest BCUT2D eigenvalue weighted by atomic mass is 10.1. The summed E-state index contributed by atoms with van der Waals surface area (Å²) in [5.74, 6) is 1.79. The van der Waals surface area contributed by atoms with Gasteiger partial charge in [0.15, 0.2) is 5.82 Å². The molecule has 2 fully saturated rings. The number of rotatable bonds is 1. The molecule has 0 aromatic carbocycles. The zero-order valence-corrected chi connectivity index (χ0v) is 11.6. The number of aromatic nitrogens is 3. The van der Waals surface area contributed by atoms with E-state index < -0.39 is 0 Å². The molecule has 2 aromatic heterocycles. The highest BCUT2D eigenvalue weighted by Gasteiger charge is 2.40. The second kappa shape index (κ2) is 4.08. The van der Waals surface area contributed by atoms with Gasteiger partial charge in [0.2, 0.25) is 0 Å². The van der Waals surface area contributed by atoms with E-state index in [1.54, 1.807) is 0 Å². The summed E-state index contributed by atoms with van der Waals surface area (Å²) in [6.45, 7) is 3.38. The van der Waals surface area contributed by atoms with Crippen LogP contribution in [0.4, 0.5) is 5.82 Å². The van der Waals surface area contributed by atoms with Crippen molar-refractivity contribution in [3.8, 4) is 0 Å². The van der Waals surface area contributed by atoms with Crippen LogP contribution < -0.4 is 4.90 Å². The van der Waals surface area contributed by atoms with Gasteiger partial charge in [0, 0.05) is 31.4 Å². The standard InChI is InChI=1S/C13H16ClN5/c1-18-3-2-8-6-19(7-11(8)18)13-9-5-15-12(14)4-10(9)16-17-13/h4-5,8,11H,2-3,6-7H2,1H3,(H,16,17). The molecule has 2 atom stereocenters. The summed E-state index contributed by atoms with van der Waals surface area (Å²) in [5, 5.41) is 9.07. The summed E-state index contributed by atoms with van der Waals surface area (Å²) in [7, 11) is 2.22. The number of hydrogen-bond donors (Lipinski definition) is 1. The van der Waals surface area contributed by atoms with E-state index in [9.17, 15) is 0 Å². The SMILES string of the molecule is CN1CCC2CN(c3n[nH]c4cc(Cl)ncc34)CC21. The summed E-state index contributed by atoms with van der Waals surface area (Å²) in [4.78, 5) is 9.01. The Morgan fingerprint density at radius 1 is 1.42 bits per heavy atom. The topological polar surface area (TPSA) is 48.0 Å². The first-order valence-electron chi connectivity index (χ1n) is 6.67. The van der Waals surface area contributed by atoms with Crippen LogP contribution in [0.25, 0.3) is 10.9 Å². The van der Waals surface area contributed by atoms with E-state index in [1.165, 1.54) is 13.0 Å². The van der Waals surface area contributed by atoms with Crippen LogP contribution in [-0.4, -0.2) is 52.8 Å². The largest absolute Gasteiger partial charge is 0.353 e. The number of hydrogen-bond acceptors (Lipinski definition) is 4.